The van der Waals surface area contributed by atoms with Gasteiger partial charge >= 0.3 is 0 Å². The van der Waals surface area contributed by atoms with Crippen LogP contribution in [0.1, 0.15) is 30.5 Å². The lowest BCUT2D eigenvalue weighted by atomic mass is 9.56. The molecule has 5 unspecified atom stereocenters. The van der Waals surface area contributed by atoms with Gasteiger partial charge in [0.2, 0.25) is 5.91 Å². The number of phenols is 1. The molecule has 0 radical (unpaired) electrons. The van der Waals surface area contributed by atoms with E-state index in [0.29, 0.717) is 18.4 Å². The second-order valence-corrected chi connectivity index (χ2v) is 8.38. The number of aromatic amines is 1. The molecule has 1 saturated carbocycles. The summed E-state index contributed by atoms with van der Waals surface area (Å²) in [5.74, 6) is 0.918. The van der Waals surface area contributed by atoms with Crippen LogP contribution in [-0.4, -0.2) is 46.6 Å². The van der Waals surface area contributed by atoms with Gasteiger partial charge in [0.1, 0.15) is 11.2 Å². The topological polar surface area (TPSA) is 108 Å². The number of H-pyrrole nitrogens is 1. The summed E-state index contributed by atoms with van der Waals surface area (Å²) in [6.45, 7) is 2.62. The van der Waals surface area contributed by atoms with Crippen molar-refractivity contribution in [1.82, 2.24) is 9.88 Å². The number of aromatic nitrogens is 1. The Morgan fingerprint density at radius 3 is 3.04 bits per heavy atom. The monoisotopic (exact) mass is 354 g/mol. The Kier molecular flexibility index (Phi) is 3.40. The van der Waals surface area contributed by atoms with E-state index in [1.807, 2.05) is 6.07 Å². The molecule has 138 valence electrons. The molecule has 1 aliphatic carbocycles. The number of fused-ring (bicyclic) bond motifs is 4. The summed E-state index contributed by atoms with van der Waals surface area (Å²) in [5, 5.41) is 11.0. The van der Waals surface area contributed by atoms with Crippen molar-refractivity contribution >= 4 is 16.8 Å². The van der Waals surface area contributed by atoms with Crippen molar-refractivity contribution < 1.29 is 9.90 Å². The fourth-order valence-electron chi connectivity index (χ4n) is 6.28. The van der Waals surface area contributed by atoms with Gasteiger partial charge in [-0.1, -0.05) is 0 Å². The molecule has 4 bridgehead atoms. The van der Waals surface area contributed by atoms with Crippen LogP contribution < -0.4 is 11.5 Å². The van der Waals surface area contributed by atoms with Crippen LogP contribution in [0.25, 0.3) is 10.9 Å². The maximum Gasteiger partial charge on any atom is 0.231 e. The number of hydrogen-bond acceptors (Lipinski definition) is 4. The number of carbonyl (C=O) groups excluding carboxylic acids is 1. The number of rotatable bonds is 3. The highest BCUT2D eigenvalue weighted by Crippen LogP contribution is 2.54. The van der Waals surface area contributed by atoms with Crippen molar-refractivity contribution in [2.24, 2.45) is 23.3 Å². The summed E-state index contributed by atoms with van der Waals surface area (Å²) < 4.78 is 0. The minimum Gasteiger partial charge on any atom is -0.508 e. The van der Waals surface area contributed by atoms with E-state index < -0.39 is 5.41 Å². The molecule has 1 amide bonds. The zero-order valence-corrected chi connectivity index (χ0v) is 14.9. The van der Waals surface area contributed by atoms with Crippen molar-refractivity contribution in [2.45, 2.75) is 37.1 Å². The zero-order valence-electron chi connectivity index (χ0n) is 14.9. The molecule has 3 fully saturated rings. The van der Waals surface area contributed by atoms with Crippen LogP contribution in [0, 0.1) is 11.8 Å². The first-order chi connectivity index (χ1) is 12.5. The SMILES string of the molecule is NCCC1CC2CN3CCc4c([nH]c5ccc(O)cc45)C(C(N)=O)(C2)C13. The number of hydrogen-bond donors (Lipinski definition) is 4. The second-order valence-electron chi connectivity index (χ2n) is 8.38. The molecule has 5 atom stereocenters. The molecule has 3 aliphatic heterocycles. The maximum absolute atomic E-state index is 13.0. The van der Waals surface area contributed by atoms with Crippen LogP contribution in [0.2, 0.25) is 0 Å². The zero-order chi connectivity index (χ0) is 18.1. The number of nitrogens with one attached hydrogen (secondary N) is 1. The lowest BCUT2D eigenvalue weighted by Gasteiger charge is -2.58. The summed E-state index contributed by atoms with van der Waals surface area (Å²) in [7, 11) is 0. The third kappa shape index (κ3) is 1.97. The van der Waals surface area contributed by atoms with Gasteiger partial charge in [0.25, 0.3) is 0 Å². The molecule has 2 saturated heterocycles. The number of carbonyl (C=O) groups is 1. The summed E-state index contributed by atoms with van der Waals surface area (Å²) in [6, 6.07) is 5.51. The molecule has 26 heavy (non-hydrogen) atoms. The van der Waals surface area contributed by atoms with Crippen LogP contribution >= 0.6 is 0 Å². The summed E-state index contributed by atoms with van der Waals surface area (Å²) in [6.07, 6.45) is 3.76. The van der Waals surface area contributed by atoms with Crippen molar-refractivity contribution in [3.8, 4) is 5.75 Å². The summed E-state index contributed by atoms with van der Waals surface area (Å²) in [4.78, 5) is 19.0. The lowest BCUT2D eigenvalue weighted by molar-refractivity contribution is -0.138. The Morgan fingerprint density at radius 1 is 1.42 bits per heavy atom. The van der Waals surface area contributed by atoms with E-state index in [-0.39, 0.29) is 17.7 Å². The summed E-state index contributed by atoms with van der Waals surface area (Å²) >= 11 is 0. The van der Waals surface area contributed by atoms with Crippen LogP contribution in [0.3, 0.4) is 0 Å². The Hall–Kier alpha value is -2.05. The molecule has 1 aromatic carbocycles. The maximum atomic E-state index is 13.0. The Labute approximate surface area is 152 Å². The van der Waals surface area contributed by atoms with Gasteiger partial charge in [0, 0.05) is 35.7 Å². The largest absolute Gasteiger partial charge is 0.508 e. The van der Waals surface area contributed by atoms with Crippen molar-refractivity contribution in [3.05, 3.63) is 29.5 Å². The van der Waals surface area contributed by atoms with E-state index in [1.54, 1.807) is 12.1 Å². The predicted octanol–water partition coefficient (Wildman–Crippen LogP) is 1.21. The minimum absolute atomic E-state index is 0.122. The third-order valence-electron chi connectivity index (χ3n) is 7.05. The highest BCUT2D eigenvalue weighted by molar-refractivity contribution is 5.93. The first-order valence-corrected chi connectivity index (χ1v) is 9.62. The minimum atomic E-state index is -0.679. The van der Waals surface area contributed by atoms with E-state index in [9.17, 15) is 9.90 Å². The Morgan fingerprint density at radius 2 is 2.27 bits per heavy atom. The number of benzene rings is 1. The Balaban J connectivity index is 1.77. The van der Waals surface area contributed by atoms with Crippen molar-refractivity contribution in [1.29, 1.82) is 0 Å². The molecule has 6 rings (SSSR count). The van der Waals surface area contributed by atoms with E-state index in [1.165, 1.54) is 0 Å². The third-order valence-corrected chi connectivity index (χ3v) is 7.05. The van der Waals surface area contributed by atoms with Gasteiger partial charge in [-0.3, -0.25) is 9.69 Å². The highest BCUT2D eigenvalue weighted by atomic mass is 16.3. The van der Waals surface area contributed by atoms with E-state index in [4.69, 9.17) is 11.5 Å². The summed E-state index contributed by atoms with van der Waals surface area (Å²) in [5.41, 5.74) is 14.5. The van der Waals surface area contributed by atoms with Gasteiger partial charge in [-0.05, 0) is 67.8 Å². The standard InChI is InChI=1S/C20H26N4O2/c21-5-3-12-7-11-9-20(19(22)26)17-14(4-6-24(10-11)18(12)20)15-8-13(25)1-2-16(15)23-17/h1-2,8,11-12,18,23,25H,3-7,9-10,21H2,(H2,22,26). The molecule has 1 aromatic heterocycles. The average molecular weight is 354 g/mol. The van der Waals surface area contributed by atoms with E-state index in [2.05, 4.69) is 9.88 Å². The molecular weight excluding hydrogens is 328 g/mol. The van der Waals surface area contributed by atoms with Crippen LogP contribution in [-0.2, 0) is 16.6 Å². The molecule has 4 heterocycles. The number of primary amides is 1. The number of aromatic hydroxyl groups is 1. The quantitative estimate of drug-likeness (QED) is 0.664. The highest BCUT2D eigenvalue weighted by Gasteiger charge is 2.61. The Bertz CT molecular complexity index is 891. The number of nitrogens with zero attached hydrogens (tertiary/aromatic N) is 1. The van der Waals surface area contributed by atoms with Gasteiger partial charge in [-0.15, -0.1) is 0 Å². The fourth-order valence-corrected chi connectivity index (χ4v) is 6.28. The number of piperidine rings is 2. The molecule has 2 aromatic rings. The van der Waals surface area contributed by atoms with E-state index in [0.717, 1.165) is 60.9 Å². The molecule has 6 N–H and O–H groups in total. The average Bonchev–Trinajstić information content (AvgIpc) is 2.93. The molecule has 6 nitrogen and oxygen atoms in total. The van der Waals surface area contributed by atoms with Crippen molar-refractivity contribution in [3.63, 3.8) is 0 Å². The fraction of sp³-hybridized carbons (Fsp3) is 0.550. The van der Waals surface area contributed by atoms with E-state index >= 15 is 0 Å². The first kappa shape index (κ1) is 16.1. The predicted molar refractivity (Wildman–Crippen MR) is 99.8 cm³/mol. The van der Waals surface area contributed by atoms with Gasteiger partial charge in [0.05, 0.1) is 0 Å². The number of nitrogens with two attached hydrogens (primary N) is 2. The molecule has 4 aliphatic rings. The van der Waals surface area contributed by atoms with Gasteiger partial charge < -0.3 is 21.6 Å². The molecule has 0 spiro atoms. The number of amides is 1. The normalized spacial score (nSPS) is 35.3. The van der Waals surface area contributed by atoms with Gasteiger partial charge in [-0.2, -0.15) is 0 Å². The van der Waals surface area contributed by atoms with Crippen molar-refractivity contribution in [2.75, 3.05) is 19.6 Å². The molecule has 6 heteroatoms. The molecular formula is C20H26N4O2. The second kappa shape index (κ2) is 5.47. The number of phenolic OH excluding ortho intramolecular Hbond substituents is 1. The van der Waals surface area contributed by atoms with Gasteiger partial charge in [-0.25, -0.2) is 0 Å². The van der Waals surface area contributed by atoms with Gasteiger partial charge in [0.15, 0.2) is 0 Å². The van der Waals surface area contributed by atoms with Crippen LogP contribution in [0.5, 0.6) is 5.75 Å². The first-order valence-electron chi connectivity index (χ1n) is 9.62. The van der Waals surface area contributed by atoms with Crippen LogP contribution in [0.4, 0.5) is 0 Å². The lowest BCUT2D eigenvalue weighted by Crippen LogP contribution is -2.68. The smallest absolute Gasteiger partial charge is 0.231 e. The van der Waals surface area contributed by atoms with Crippen LogP contribution in [0.15, 0.2) is 18.2 Å².